The van der Waals surface area contributed by atoms with Crippen molar-refractivity contribution in [1.82, 2.24) is 0 Å². The average Bonchev–Trinajstić information content (AvgIpc) is 2.38. The maximum absolute atomic E-state index is 12.0. The lowest BCUT2D eigenvalue weighted by atomic mass is 9.96. The molecule has 20 heavy (non-hydrogen) atoms. The SMILES string of the molecule is C/C=C/C=C/[C@H]1Cc2cc(O)c(OC)c(O)c2C(=O)O1. The summed E-state index contributed by atoms with van der Waals surface area (Å²) in [6.45, 7) is 1.88. The standard InChI is InChI=1S/C15H16O5/c1-3-4-5-6-10-7-9-8-11(16)14(19-2)13(17)12(9)15(18)20-10/h3-6,8,10,16-17H,7H2,1-2H3/b4-3+,6-5+/t10-/m0/s1. The van der Waals surface area contributed by atoms with Crippen LogP contribution in [0.25, 0.3) is 0 Å². The van der Waals surface area contributed by atoms with Crippen molar-refractivity contribution in [1.29, 1.82) is 0 Å². The van der Waals surface area contributed by atoms with Crippen molar-refractivity contribution in [2.45, 2.75) is 19.4 Å². The summed E-state index contributed by atoms with van der Waals surface area (Å²) >= 11 is 0. The molecule has 0 amide bonds. The van der Waals surface area contributed by atoms with Gasteiger partial charge in [-0.2, -0.15) is 0 Å². The second-order valence-electron chi connectivity index (χ2n) is 4.37. The molecule has 5 nitrogen and oxygen atoms in total. The van der Waals surface area contributed by atoms with Crippen LogP contribution in [0.3, 0.4) is 0 Å². The molecule has 0 aromatic heterocycles. The highest BCUT2D eigenvalue weighted by Gasteiger charge is 2.31. The fourth-order valence-corrected chi connectivity index (χ4v) is 2.14. The maximum Gasteiger partial charge on any atom is 0.342 e. The lowest BCUT2D eigenvalue weighted by Crippen LogP contribution is -2.26. The Balaban J connectivity index is 2.39. The molecule has 0 fully saturated rings. The molecule has 106 valence electrons. The molecule has 0 aliphatic carbocycles. The van der Waals surface area contributed by atoms with Gasteiger partial charge < -0.3 is 19.7 Å². The number of esters is 1. The first-order valence-corrected chi connectivity index (χ1v) is 6.20. The first-order valence-electron chi connectivity index (χ1n) is 6.20. The van der Waals surface area contributed by atoms with Crippen molar-refractivity contribution < 1.29 is 24.5 Å². The third-order valence-corrected chi connectivity index (χ3v) is 3.03. The van der Waals surface area contributed by atoms with E-state index in [4.69, 9.17) is 9.47 Å². The van der Waals surface area contributed by atoms with Gasteiger partial charge in [-0.05, 0) is 24.6 Å². The van der Waals surface area contributed by atoms with Gasteiger partial charge in [-0.1, -0.05) is 18.2 Å². The predicted octanol–water partition coefficient (Wildman–Crippen LogP) is 2.32. The summed E-state index contributed by atoms with van der Waals surface area (Å²) in [5.74, 6) is -1.33. The summed E-state index contributed by atoms with van der Waals surface area (Å²) in [4.78, 5) is 12.0. The third-order valence-electron chi connectivity index (χ3n) is 3.03. The monoisotopic (exact) mass is 276 g/mol. The maximum atomic E-state index is 12.0. The van der Waals surface area contributed by atoms with Crippen LogP contribution in [0.4, 0.5) is 0 Å². The highest BCUT2D eigenvalue weighted by atomic mass is 16.5. The molecule has 0 saturated heterocycles. The molecule has 0 unspecified atom stereocenters. The molecule has 0 spiro atoms. The zero-order chi connectivity index (χ0) is 14.7. The van der Waals surface area contributed by atoms with Crippen LogP contribution >= 0.6 is 0 Å². The molecule has 0 radical (unpaired) electrons. The summed E-state index contributed by atoms with van der Waals surface area (Å²) in [7, 11) is 1.30. The Labute approximate surface area is 116 Å². The van der Waals surface area contributed by atoms with Gasteiger partial charge >= 0.3 is 5.97 Å². The van der Waals surface area contributed by atoms with Gasteiger partial charge in [0.25, 0.3) is 0 Å². The summed E-state index contributed by atoms with van der Waals surface area (Å²) in [5.41, 5.74) is 0.586. The van der Waals surface area contributed by atoms with Crippen molar-refractivity contribution in [2.75, 3.05) is 7.11 Å². The number of rotatable bonds is 3. The van der Waals surface area contributed by atoms with Crippen LogP contribution in [0.15, 0.2) is 30.4 Å². The molecule has 0 bridgehead atoms. The van der Waals surface area contributed by atoms with E-state index in [0.717, 1.165) is 0 Å². The number of aromatic hydroxyl groups is 2. The molecule has 2 N–H and O–H groups in total. The average molecular weight is 276 g/mol. The van der Waals surface area contributed by atoms with Crippen LogP contribution in [0, 0.1) is 0 Å². The molecule has 0 saturated carbocycles. The summed E-state index contributed by atoms with van der Waals surface area (Å²) in [6.07, 6.45) is 7.19. The first kappa shape index (κ1) is 14.0. The summed E-state index contributed by atoms with van der Waals surface area (Å²) in [5, 5.41) is 19.7. The van der Waals surface area contributed by atoms with E-state index in [0.29, 0.717) is 12.0 Å². The van der Waals surface area contributed by atoms with E-state index in [2.05, 4.69) is 0 Å². The largest absolute Gasteiger partial charge is 0.504 e. The number of benzene rings is 1. The topological polar surface area (TPSA) is 76.0 Å². The quantitative estimate of drug-likeness (QED) is 0.654. The van der Waals surface area contributed by atoms with Crippen LogP contribution in [0.1, 0.15) is 22.8 Å². The third kappa shape index (κ3) is 2.47. The van der Waals surface area contributed by atoms with Crippen molar-refractivity contribution in [3.8, 4) is 17.2 Å². The van der Waals surface area contributed by atoms with Crippen LogP contribution in [-0.2, 0) is 11.2 Å². The number of phenolic OH excluding ortho intramolecular Hbond substituents is 2. The Morgan fingerprint density at radius 1 is 1.40 bits per heavy atom. The fourth-order valence-electron chi connectivity index (χ4n) is 2.14. The van der Waals surface area contributed by atoms with E-state index >= 15 is 0 Å². The van der Waals surface area contributed by atoms with Crippen LogP contribution in [0.2, 0.25) is 0 Å². The lowest BCUT2D eigenvalue weighted by molar-refractivity contribution is 0.0352. The van der Waals surface area contributed by atoms with E-state index in [1.165, 1.54) is 13.2 Å². The van der Waals surface area contributed by atoms with Crippen molar-refractivity contribution in [3.63, 3.8) is 0 Å². The Bertz CT molecular complexity index is 586. The van der Waals surface area contributed by atoms with Crippen LogP contribution in [0.5, 0.6) is 17.2 Å². The molecular weight excluding hydrogens is 260 g/mol. The van der Waals surface area contributed by atoms with E-state index in [-0.39, 0.29) is 22.8 Å². The molecule has 1 aromatic carbocycles. The smallest absolute Gasteiger partial charge is 0.342 e. The minimum atomic E-state index is -0.628. The molecule has 1 aliphatic rings. The van der Waals surface area contributed by atoms with Gasteiger partial charge in [0.15, 0.2) is 11.5 Å². The number of phenols is 2. The molecular formula is C15H16O5. The van der Waals surface area contributed by atoms with Gasteiger partial charge in [-0.15, -0.1) is 0 Å². The Hall–Kier alpha value is -2.43. The van der Waals surface area contributed by atoms with E-state index < -0.39 is 12.1 Å². The molecule has 1 heterocycles. The number of ether oxygens (including phenoxy) is 2. The van der Waals surface area contributed by atoms with Gasteiger partial charge in [0.05, 0.1) is 7.11 Å². The molecule has 1 atom stereocenters. The summed E-state index contributed by atoms with van der Waals surface area (Å²) < 4.78 is 10.1. The molecule has 1 aromatic rings. The second-order valence-corrected chi connectivity index (χ2v) is 4.37. The van der Waals surface area contributed by atoms with Crippen LogP contribution in [-0.4, -0.2) is 29.4 Å². The number of hydrogen-bond donors (Lipinski definition) is 2. The van der Waals surface area contributed by atoms with E-state index in [1.807, 2.05) is 19.1 Å². The normalized spacial score (nSPS) is 18.3. The van der Waals surface area contributed by atoms with Gasteiger partial charge in [0, 0.05) is 6.42 Å². The van der Waals surface area contributed by atoms with Crippen molar-refractivity contribution in [2.24, 2.45) is 0 Å². The Kier molecular flexibility index (Phi) is 3.98. The van der Waals surface area contributed by atoms with Gasteiger partial charge in [0.2, 0.25) is 5.75 Å². The van der Waals surface area contributed by atoms with Crippen LogP contribution < -0.4 is 4.74 Å². The zero-order valence-electron chi connectivity index (χ0n) is 11.3. The number of methoxy groups -OCH3 is 1. The highest BCUT2D eigenvalue weighted by molar-refractivity contribution is 5.97. The molecule has 5 heteroatoms. The minimum absolute atomic E-state index is 0.0512. The van der Waals surface area contributed by atoms with E-state index in [9.17, 15) is 15.0 Å². The molecule has 2 rings (SSSR count). The lowest BCUT2D eigenvalue weighted by Gasteiger charge is -2.24. The minimum Gasteiger partial charge on any atom is -0.504 e. The number of fused-ring (bicyclic) bond motifs is 1. The predicted molar refractivity (Wildman–Crippen MR) is 73.2 cm³/mol. The number of cyclic esters (lactones) is 1. The Morgan fingerprint density at radius 3 is 2.80 bits per heavy atom. The van der Waals surface area contributed by atoms with Gasteiger partial charge in [-0.3, -0.25) is 0 Å². The van der Waals surface area contributed by atoms with Crippen molar-refractivity contribution in [3.05, 3.63) is 41.5 Å². The van der Waals surface area contributed by atoms with E-state index in [1.54, 1.807) is 12.2 Å². The number of allylic oxidation sites excluding steroid dienone is 3. The number of hydrogen-bond acceptors (Lipinski definition) is 5. The van der Waals surface area contributed by atoms with Gasteiger partial charge in [-0.25, -0.2) is 4.79 Å². The second kappa shape index (κ2) is 5.69. The highest BCUT2D eigenvalue weighted by Crippen LogP contribution is 2.42. The van der Waals surface area contributed by atoms with Crippen molar-refractivity contribution >= 4 is 5.97 Å². The Morgan fingerprint density at radius 2 is 2.15 bits per heavy atom. The zero-order valence-corrected chi connectivity index (χ0v) is 11.3. The first-order chi connectivity index (χ1) is 9.58. The fraction of sp³-hybridized carbons (Fsp3) is 0.267. The summed E-state index contributed by atoms with van der Waals surface area (Å²) in [6, 6.07) is 1.42. The van der Waals surface area contributed by atoms with Gasteiger partial charge in [0.1, 0.15) is 11.7 Å². The number of carbonyl (C=O) groups excluding carboxylic acids is 1. The molecule has 1 aliphatic heterocycles. The number of carbonyl (C=O) groups is 1.